The lowest BCUT2D eigenvalue weighted by Crippen LogP contribution is -2.18. The molecule has 0 fully saturated rings. The highest BCUT2D eigenvalue weighted by Gasteiger charge is 2.36. The molecule has 0 heterocycles. The SMILES string of the molecule is CC(C)(C)c1cc2c(OCP(C)(C)=O)c(c1)Cc1cc(C(C)(C)C)cc(c1OCP(C)(C)=O)Cc1cc(C(C)(C)C)cc(c1OCP(C)(C)=O)Cc1cc(C(C)(C)C)cc(c1OCP(C)(C)=O)Cc1cc(C(C)(C)C)cc(c1OCP(C)(C)=O)Cc1cc(C(C)(C)C)cc(c1OCP(C)(C)=O)Cc1cc(C(C)(C)C)cc(c1OCP(C)(C)=O)Cc1cc(C(C)(C)C)cc(c1OCP(C)(C)=O)C2. The van der Waals surface area contributed by atoms with Crippen molar-refractivity contribution >= 4 is 57.1 Å². The number of fused-ring (bicyclic) bond motifs is 16. The number of hydrogen-bond acceptors (Lipinski definition) is 16. The van der Waals surface area contributed by atoms with Gasteiger partial charge in [0.05, 0.1) is 0 Å². The number of ether oxygens (including phenoxy) is 8. The zero-order valence-electron chi connectivity index (χ0n) is 90.7. The van der Waals surface area contributed by atoms with E-state index in [0.717, 1.165) is 134 Å². The van der Waals surface area contributed by atoms with Crippen LogP contribution in [0.1, 0.15) is 300 Å². The van der Waals surface area contributed by atoms with Gasteiger partial charge < -0.3 is 74.4 Å². The van der Waals surface area contributed by atoms with Crippen LogP contribution in [0.25, 0.3) is 0 Å². The van der Waals surface area contributed by atoms with Gasteiger partial charge in [-0.15, -0.1) is 0 Å². The molecule has 1 aliphatic carbocycles. The third kappa shape index (κ3) is 33.0. The van der Waals surface area contributed by atoms with Crippen LogP contribution in [0.5, 0.6) is 46.0 Å². The van der Waals surface area contributed by atoms with E-state index in [4.69, 9.17) is 37.9 Å². The van der Waals surface area contributed by atoms with E-state index in [1.807, 2.05) is 0 Å². The van der Waals surface area contributed by atoms with Crippen molar-refractivity contribution in [3.8, 4) is 46.0 Å². The van der Waals surface area contributed by atoms with Crippen molar-refractivity contribution < 1.29 is 74.4 Å². The van der Waals surface area contributed by atoms with Gasteiger partial charge in [0.2, 0.25) is 0 Å². The zero-order valence-corrected chi connectivity index (χ0v) is 97.8. The quantitative estimate of drug-likeness (QED) is 0.0515. The van der Waals surface area contributed by atoms with Crippen LogP contribution in [0, 0.1) is 0 Å². The lowest BCUT2D eigenvalue weighted by atomic mass is 9.79. The molecule has 0 saturated carbocycles. The lowest BCUT2D eigenvalue weighted by molar-refractivity contribution is 0.361. The zero-order chi connectivity index (χ0) is 103. The van der Waals surface area contributed by atoms with Crippen molar-refractivity contribution in [2.24, 2.45) is 0 Å². The first-order chi connectivity index (χ1) is 61.3. The molecule has 0 radical (unpaired) electrons. The van der Waals surface area contributed by atoms with Crippen LogP contribution in [0.2, 0.25) is 0 Å². The summed E-state index contributed by atoms with van der Waals surface area (Å²) in [6.45, 7) is 80.6. The Kier molecular flexibility index (Phi) is 34.6. The average Bonchev–Trinajstić information content (AvgIpc) is 0.762. The molecule has 136 heavy (non-hydrogen) atoms. The van der Waals surface area contributed by atoms with Crippen molar-refractivity contribution in [2.75, 3.05) is 157 Å². The minimum Gasteiger partial charge on any atom is -0.485 e. The van der Waals surface area contributed by atoms with Crippen molar-refractivity contribution in [1.82, 2.24) is 0 Å². The Labute approximate surface area is 820 Å². The first-order valence-electron chi connectivity index (χ1n) is 48.0. The van der Waals surface area contributed by atoms with Gasteiger partial charge in [0.15, 0.2) is 0 Å². The summed E-state index contributed by atoms with van der Waals surface area (Å²) in [7, 11) is -23.7. The third-order valence-corrected chi connectivity index (χ3v) is 30.1. The van der Waals surface area contributed by atoms with Gasteiger partial charge in [-0.3, -0.25) is 0 Å². The molecule has 0 atom stereocenters. The maximum Gasteiger partial charge on any atom is 0.140 e. The van der Waals surface area contributed by atoms with Gasteiger partial charge in [-0.05, 0) is 283 Å². The standard InChI is InChI=1S/C112H168O16P8/c1-105(2,3)89-49-73-41-75-51-90(106(4,5)6)53-77(98(75)122-66-130(27,28)114)43-79-55-92(108(10,11)12)57-81(100(79)124-68-132(31,32)116)45-83-59-94(110(16,17)18)61-85(102(83)126-70-134(35,36)118)47-87-63-96(112(22,23)24)64-88(104(87)128-72-136(39,40)120)48-86-62-95(111(19,20)21)60-84(103(86)127-71-135(37,38)119)46-82-58-93(109(13,14)15)56-80(101(82)125-69-133(33,34)117)44-78-54-91(107(7,8)9)52-76(99(78)123-67-131(29,30)115)42-74(50-89)97(73)121-65-129(25,26)113/h49-64H,41-48,65-72H2,1-40H3. The summed E-state index contributed by atoms with van der Waals surface area (Å²) in [4.78, 5) is 0. The van der Waals surface area contributed by atoms with E-state index in [1.165, 1.54) is 0 Å². The van der Waals surface area contributed by atoms with Crippen LogP contribution < -0.4 is 37.9 Å². The minimum atomic E-state index is -2.96. The average molecular weight is 2020 g/mol. The highest BCUT2D eigenvalue weighted by atomic mass is 31.2. The number of hydrogen-bond donors (Lipinski definition) is 0. The maximum absolute atomic E-state index is 14.6. The van der Waals surface area contributed by atoms with E-state index in [0.29, 0.717) is 46.0 Å². The lowest BCUT2D eigenvalue weighted by Gasteiger charge is -2.29. The molecule has 9 rings (SSSR count). The molecule has 16 nitrogen and oxygen atoms in total. The minimum absolute atomic E-state index is 0.0974. The molecule has 752 valence electrons. The molecule has 0 N–H and O–H groups in total. The van der Waals surface area contributed by atoms with Crippen LogP contribution >= 0.6 is 57.1 Å². The highest BCUT2D eigenvalue weighted by Crippen LogP contribution is 2.54. The molecule has 1 aliphatic rings. The second kappa shape index (κ2) is 41.4. The molecular weight excluding hydrogens is 1850 g/mol. The molecule has 0 aliphatic heterocycles. The molecule has 24 heteroatoms. The Balaban J connectivity index is 1.60. The van der Waals surface area contributed by atoms with Gasteiger partial charge in [-0.2, -0.15) is 0 Å². The van der Waals surface area contributed by atoms with Gasteiger partial charge >= 0.3 is 0 Å². The molecule has 0 saturated heterocycles. The second-order valence-electron chi connectivity index (χ2n) is 51.2. The van der Waals surface area contributed by atoms with E-state index in [1.54, 1.807) is 107 Å². The Morgan fingerprint density at radius 2 is 0.221 bits per heavy atom. The van der Waals surface area contributed by atoms with Gasteiger partial charge in [0, 0.05) is 51.4 Å². The molecule has 8 aromatic carbocycles. The Hall–Kier alpha value is -6.00. The van der Waals surface area contributed by atoms with Crippen LogP contribution in [0.15, 0.2) is 97.1 Å². The van der Waals surface area contributed by atoms with E-state index < -0.39 is 100 Å². The normalized spacial score (nSPS) is 14.4. The van der Waals surface area contributed by atoms with Crippen LogP contribution in [0.4, 0.5) is 0 Å². The van der Waals surface area contributed by atoms with E-state index in [-0.39, 0.29) is 102 Å². The molecule has 0 aromatic heterocycles. The summed E-state index contributed by atoms with van der Waals surface area (Å²) in [5.74, 6) is 4.29. The summed E-state index contributed by atoms with van der Waals surface area (Å²) in [6.07, 6.45) is 1.01. The van der Waals surface area contributed by atoms with Crippen molar-refractivity contribution in [1.29, 1.82) is 0 Å². The first kappa shape index (κ1) is 114. The van der Waals surface area contributed by atoms with Crippen molar-refractivity contribution in [3.63, 3.8) is 0 Å². The van der Waals surface area contributed by atoms with Gasteiger partial charge in [-0.1, -0.05) is 263 Å². The van der Waals surface area contributed by atoms with Gasteiger partial charge in [-0.25, -0.2) is 0 Å². The first-order valence-corrected chi connectivity index (χ1v) is 70.3. The van der Waals surface area contributed by atoms with Crippen LogP contribution in [-0.2, 0) is 131 Å². The summed E-state index contributed by atoms with van der Waals surface area (Å²) in [6, 6.07) is 35.4. The third-order valence-electron chi connectivity index (χ3n) is 24.1. The topological polar surface area (TPSA) is 210 Å². The van der Waals surface area contributed by atoms with Crippen molar-refractivity contribution in [3.05, 3.63) is 231 Å². The van der Waals surface area contributed by atoms with Crippen molar-refractivity contribution in [2.45, 2.75) is 261 Å². The summed E-state index contributed by atoms with van der Waals surface area (Å²) in [5, 5.41) is 0. The molecule has 0 amide bonds. The Bertz CT molecular complexity index is 4870. The number of benzene rings is 8. The molecule has 0 unspecified atom stereocenters. The van der Waals surface area contributed by atoms with Crippen LogP contribution in [0.3, 0.4) is 0 Å². The smallest absolute Gasteiger partial charge is 0.140 e. The molecule has 8 aromatic rings. The number of rotatable bonds is 24. The fourth-order valence-electron chi connectivity index (χ4n) is 16.5. The van der Waals surface area contributed by atoms with E-state index in [2.05, 4.69) is 263 Å². The van der Waals surface area contributed by atoms with E-state index in [9.17, 15) is 36.5 Å². The van der Waals surface area contributed by atoms with Crippen LogP contribution in [-0.4, -0.2) is 157 Å². The second-order valence-corrected chi connectivity index (χ2v) is 78.4. The predicted octanol–water partition coefficient (Wildman–Crippen LogP) is 30.8. The predicted molar refractivity (Wildman–Crippen MR) is 583 cm³/mol. The van der Waals surface area contributed by atoms with E-state index >= 15 is 0 Å². The largest absolute Gasteiger partial charge is 0.485 e. The Morgan fingerprint density at radius 3 is 0.272 bits per heavy atom. The fourth-order valence-corrected chi connectivity index (χ4v) is 20.0. The Morgan fingerprint density at radius 1 is 0.154 bits per heavy atom. The summed E-state index contributed by atoms with van der Waals surface area (Å²) >= 11 is 0. The molecular formula is C112H168O16P8. The van der Waals surface area contributed by atoms with Gasteiger partial charge in [0.1, 0.15) is 154 Å². The summed E-state index contributed by atoms with van der Waals surface area (Å²) in [5.41, 5.74) is 16.9. The highest BCUT2D eigenvalue weighted by molar-refractivity contribution is 7.64. The molecule has 0 spiro atoms. The molecule has 16 bridgehead atoms. The monoisotopic (exact) mass is 2020 g/mol. The fraction of sp³-hybridized carbons (Fsp3) is 0.571. The summed E-state index contributed by atoms with van der Waals surface area (Å²) < 4.78 is 175. The maximum atomic E-state index is 14.6. The van der Waals surface area contributed by atoms with Gasteiger partial charge in [0.25, 0.3) is 0 Å².